The molecular weight excluding hydrogens is 322 g/mol. The number of nitrogens with zero attached hydrogens (tertiary/aromatic N) is 3. The summed E-state index contributed by atoms with van der Waals surface area (Å²) in [6, 6.07) is 21.4. The van der Waals surface area contributed by atoms with Crippen molar-refractivity contribution in [2.24, 2.45) is 5.92 Å². The number of benzene rings is 2. The first-order chi connectivity index (χ1) is 12.6. The maximum atomic E-state index is 9.07. The normalized spacial score (nSPS) is 10.4. The second-order valence-corrected chi connectivity index (χ2v) is 6.42. The summed E-state index contributed by atoms with van der Waals surface area (Å²) in [4.78, 5) is 9.20. The number of hydrogen-bond acceptors (Lipinski definition) is 5. The number of aromatic nitrogens is 2. The van der Waals surface area contributed by atoms with Gasteiger partial charge in [0.25, 0.3) is 0 Å². The molecule has 0 saturated heterocycles. The van der Waals surface area contributed by atoms with Crippen LogP contribution in [0.15, 0.2) is 60.7 Å². The molecule has 0 fully saturated rings. The van der Waals surface area contributed by atoms with E-state index in [9.17, 15) is 0 Å². The molecule has 0 aliphatic carbocycles. The SMILES string of the molecule is CC(C)CNc1nc(Nc2cccc(C#N)c2)cc(-c2ccccc2)n1. The van der Waals surface area contributed by atoms with Crippen LogP contribution >= 0.6 is 0 Å². The average Bonchev–Trinajstić information content (AvgIpc) is 2.67. The second kappa shape index (κ2) is 8.13. The van der Waals surface area contributed by atoms with Crippen LogP contribution in [-0.2, 0) is 0 Å². The maximum absolute atomic E-state index is 9.07. The van der Waals surface area contributed by atoms with Crippen molar-refractivity contribution in [2.45, 2.75) is 13.8 Å². The Hall–Kier alpha value is -3.39. The number of hydrogen-bond donors (Lipinski definition) is 2. The molecule has 1 aromatic heterocycles. The summed E-state index contributed by atoms with van der Waals surface area (Å²) >= 11 is 0. The molecule has 3 aromatic rings. The monoisotopic (exact) mass is 343 g/mol. The van der Waals surface area contributed by atoms with E-state index in [1.54, 1.807) is 12.1 Å². The fourth-order valence-electron chi connectivity index (χ4n) is 2.46. The summed E-state index contributed by atoms with van der Waals surface area (Å²) in [5.41, 5.74) is 3.28. The van der Waals surface area contributed by atoms with Crippen molar-refractivity contribution < 1.29 is 0 Å². The van der Waals surface area contributed by atoms with Gasteiger partial charge < -0.3 is 10.6 Å². The lowest BCUT2D eigenvalue weighted by molar-refractivity contribution is 0.685. The lowest BCUT2D eigenvalue weighted by Crippen LogP contribution is -2.11. The van der Waals surface area contributed by atoms with Crippen molar-refractivity contribution in [1.29, 1.82) is 5.26 Å². The van der Waals surface area contributed by atoms with E-state index in [0.717, 1.165) is 23.5 Å². The molecule has 26 heavy (non-hydrogen) atoms. The highest BCUT2D eigenvalue weighted by molar-refractivity contribution is 5.67. The molecule has 0 radical (unpaired) electrons. The first-order valence-corrected chi connectivity index (χ1v) is 8.59. The lowest BCUT2D eigenvalue weighted by atomic mass is 10.1. The molecule has 5 nitrogen and oxygen atoms in total. The van der Waals surface area contributed by atoms with Gasteiger partial charge in [-0.25, -0.2) is 4.98 Å². The van der Waals surface area contributed by atoms with E-state index in [1.165, 1.54) is 0 Å². The summed E-state index contributed by atoms with van der Waals surface area (Å²) in [5.74, 6) is 1.75. The van der Waals surface area contributed by atoms with E-state index >= 15 is 0 Å². The van der Waals surface area contributed by atoms with E-state index < -0.39 is 0 Å². The third-order valence-electron chi connectivity index (χ3n) is 3.73. The van der Waals surface area contributed by atoms with Crippen LogP contribution in [0, 0.1) is 17.2 Å². The van der Waals surface area contributed by atoms with Crippen molar-refractivity contribution in [2.75, 3.05) is 17.2 Å². The number of rotatable bonds is 6. The van der Waals surface area contributed by atoms with E-state index in [1.807, 2.05) is 48.5 Å². The molecule has 0 amide bonds. The molecule has 0 aliphatic heterocycles. The van der Waals surface area contributed by atoms with Crippen molar-refractivity contribution in [3.8, 4) is 17.3 Å². The van der Waals surface area contributed by atoms with Gasteiger partial charge in [-0.15, -0.1) is 0 Å². The van der Waals surface area contributed by atoms with Gasteiger partial charge in [0.05, 0.1) is 17.3 Å². The van der Waals surface area contributed by atoms with Crippen molar-refractivity contribution in [3.63, 3.8) is 0 Å². The zero-order valence-corrected chi connectivity index (χ0v) is 14.9. The minimum atomic E-state index is 0.489. The highest BCUT2D eigenvalue weighted by Crippen LogP contribution is 2.24. The fraction of sp³-hybridized carbons (Fsp3) is 0.190. The van der Waals surface area contributed by atoms with Crippen LogP contribution in [0.5, 0.6) is 0 Å². The van der Waals surface area contributed by atoms with Gasteiger partial charge >= 0.3 is 0 Å². The minimum absolute atomic E-state index is 0.489. The Balaban J connectivity index is 1.94. The van der Waals surface area contributed by atoms with Gasteiger partial charge in [-0.3, -0.25) is 0 Å². The maximum Gasteiger partial charge on any atom is 0.225 e. The Labute approximate surface area is 153 Å². The zero-order valence-electron chi connectivity index (χ0n) is 14.9. The molecule has 0 aliphatic rings. The molecular formula is C21H21N5. The first kappa shape index (κ1) is 17.4. The lowest BCUT2D eigenvalue weighted by Gasteiger charge is -2.12. The molecule has 3 rings (SSSR count). The minimum Gasteiger partial charge on any atom is -0.354 e. The van der Waals surface area contributed by atoms with Gasteiger partial charge in [0.2, 0.25) is 5.95 Å². The summed E-state index contributed by atoms with van der Waals surface area (Å²) in [5, 5.41) is 15.6. The zero-order chi connectivity index (χ0) is 18.4. The Morgan fingerprint density at radius 2 is 1.81 bits per heavy atom. The van der Waals surface area contributed by atoms with Crippen molar-refractivity contribution in [1.82, 2.24) is 9.97 Å². The number of nitriles is 1. The van der Waals surface area contributed by atoms with E-state index in [-0.39, 0.29) is 0 Å². The van der Waals surface area contributed by atoms with E-state index in [2.05, 4.69) is 40.5 Å². The summed E-state index contributed by atoms with van der Waals surface area (Å²) in [6.07, 6.45) is 0. The third-order valence-corrected chi connectivity index (χ3v) is 3.73. The van der Waals surface area contributed by atoms with Crippen LogP contribution in [0.1, 0.15) is 19.4 Å². The molecule has 2 N–H and O–H groups in total. The van der Waals surface area contributed by atoms with Crippen LogP contribution in [0.4, 0.5) is 17.5 Å². The highest BCUT2D eigenvalue weighted by Gasteiger charge is 2.08. The molecule has 2 aromatic carbocycles. The van der Waals surface area contributed by atoms with Gasteiger partial charge in [0.1, 0.15) is 5.82 Å². The Bertz CT molecular complexity index is 913. The largest absolute Gasteiger partial charge is 0.354 e. The van der Waals surface area contributed by atoms with Crippen LogP contribution in [-0.4, -0.2) is 16.5 Å². The molecule has 0 atom stereocenters. The molecule has 0 unspecified atom stereocenters. The number of nitrogens with one attached hydrogen (secondary N) is 2. The van der Waals surface area contributed by atoms with Gasteiger partial charge in [-0.1, -0.05) is 50.2 Å². The van der Waals surface area contributed by atoms with Crippen LogP contribution in [0.3, 0.4) is 0 Å². The molecule has 5 heteroatoms. The van der Waals surface area contributed by atoms with Gasteiger partial charge in [0, 0.05) is 23.9 Å². The number of anilines is 3. The molecule has 1 heterocycles. The second-order valence-electron chi connectivity index (χ2n) is 6.42. The molecule has 130 valence electrons. The van der Waals surface area contributed by atoms with Gasteiger partial charge in [0.15, 0.2) is 0 Å². The highest BCUT2D eigenvalue weighted by atomic mass is 15.1. The molecule has 0 bridgehead atoms. The Kier molecular flexibility index (Phi) is 5.45. The third kappa shape index (κ3) is 4.58. The van der Waals surface area contributed by atoms with Crippen LogP contribution in [0.25, 0.3) is 11.3 Å². The topological polar surface area (TPSA) is 73.6 Å². The summed E-state index contributed by atoms with van der Waals surface area (Å²) in [6.45, 7) is 5.07. The fourth-order valence-corrected chi connectivity index (χ4v) is 2.46. The molecule has 0 saturated carbocycles. The first-order valence-electron chi connectivity index (χ1n) is 8.59. The standard InChI is InChI=1S/C21H21N5/c1-15(2)14-23-21-25-19(17-8-4-3-5-9-17)12-20(26-21)24-18-10-6-7-16(11-18)13-22/h3-12,15H,14H2,1-2H3,(H2,23,24,25,26). The molecule has 0 spiro atoms. The van der Waals surface area contributed by atoms with Crippen molar-refractivity contribution in [3.05, 3.63) is 66.2 Å². The van der Waals surface area contributed by atoms with E-state index in [4.69, 9.17) is 5.26 Å². The predicted octanol–water partition coefficient (Wildman–Crippen LogP) is 4.83. The quantitative estimate of drug-likeness (QED) is 0.671. The van der Waals surface area contributed by atoms with Gasteiger partial charge in [-0.2, -0.15) is 10.2 Å². The Morgan fingerprint density at radius 3 is 2.54 bits per heavy atom. The van der Waals surface area contributed by atoms with Crippen LogP contribution in [0.2, 0.25) is 0 Å². The smallest absolute Gasteiger partial charge is 0.225 e. The van der Waals surface area contributed by atoms with E-state index in [0.29, 0.717) is 23.2 Å². The Morgan fingerprint density at radius 1 is 1.00 bits per heavy atom. The van der Waals surface area contributed by atoms with Crippen LogP contribution < -0.4 is 10.6 Å². The van der Waals surface area contributed by atoms with Crippen molar-refractivity contribution >= 4 is 17.5 Å². The average molecular weight is 343 g/mol. The van der Waals surface area contributed by atoms with Gasteiger partial charge in [-0.05, 0) is 24.1 Å². The summed E-state index contributed by atoms with van der Waals surface area (Å²) < 4.78 is 0. The summed E-state index contributed by atoms with van der Waals surface area (Å²) in [7, 11) is 0. The predicted molar refractivity (Wildman–Crippen MR) is 105 cm³/mol.